The SMILES string of the molecule is Cc1c(Br)n(C2CC2)c2cccc(O)c12. The smallest absolute Gasteiger partial charge is 0.125 e. The number of phenolic OH excluding ortho intramolecular Hbond substituents is 1. The first-order valence-electron chi connectivity index (χ1n) is 5.18. The van der Waals surface area contributed by atoms with E-state index < -0.39 is 0 Å². The normalized spacial score (nSPS) is 16.1. The van der Waals surface area contributed by atoms with Crippen molar-refractivity contribution in [2.24, 2.45) is 0 Å². The van der Waals surface area contributed by atoms with E-state index in [1.807, 2.05) is 13.0 Å². The standard InChI is InChI=1S/C12H12BrNO/c1-7-11-9(3-2-4-10(11)15)14(12(7)13)8-5-6-8/h2-4,8,15H,5-6H2,1H3. The second kappa shape index (κ2) is 3.01. The molecule has 2 aromatic rings. The van der Waals surface area contributed by atoms with Gasteiger partial charge in [0.15, 0.2) is 0 Å². The monoisotopic (exact) mass is 265 g/mol. The van der Waals surface area contributed by atoms with Gasteiger partial charge >= 0.3 is 0 Å². The Labute approximate surface area is 96.6 Å². The van der Waals surface area contributed by atoms with E-state index in [0.717, 1.165) is 21.1 Å². The molecule has 0 unspecified atom stereocenters. The van der Waals surface area contributed by atoms with Crippen molar-refractivity contribution in [3.63, 3.8) is 0 Å². The Morgan fingerprint density at radius 3 is 2.80 bits per heavy atom. The van der Waals surface area contributed by atoms with Crippen molar-refractivity contribution in [2.75, 3.05) is 0 Å². The molecule has 3 heteroatoms. The van der Waals surface area contributed by atoms with Crippen LogP contribution < -0.4 is 0 Å². The molecule has 15 heavy (non-hydrogen) atoms. The van der Waals surface area contributed by atoms with Gasteiger partial charge in [-0.05, 0) is 53.4 Å². The zero-order chi connectivity index (χ0) is 10.6. The van der Waals surface area contributed by atoms with Crippen LogP contribution in [0.15, 0.2) is 22.8 Å². The van der Waals surface area contributed by atoms with Gasteiger partial charge in [-0.15, -0.1) is 0 Å². The molecule has 78 valence electrons. The molecular formula is C12H12BrNO. The van der Waals surface area contributed by atoms with E-state index in [1.165, 1.54) is 12.8 Å². The highest BCUT2D eigenvalue weighted by Gasteiger charge is 2.28. The van der Waals surface area contributed by atoms with E-state index in [-0.39, 0.29) is 0 Å². The summed E-state index contributed by atoms with van der Waals surface area (Å²) in [6.07, 6.45) is 2.49. The Bertz CT molecular complexity index is 540. The number of rotatable bonds is 1. The number of hydrogen-bond donors (Lipinski definition) is 1. The van der Waals surface area contributed by atoms with Gasteiger partial charge in [-0.2, -0.15) is 0 Å². The molecule has 3 rings (SSSR count). The van der Waals surface area contributed by atoms with Crippen molar-refractivity contribution < 1.29 is 5.11 Å². The Kier molecular flexibility index (Phi) is 1.87. The molecule has 1 aromatic carbocycles. The summed E-state index contributed by atoms with van der Waals surface area (Å²) in [5, 5.41) is 10.8. The van der Waals surface area contributed by atoms with Crippen molar-refractivity contribution in [3.8, 4) is 5.75 Å². The fourth-order valence-corrected chi connectivity index (χ4v) is 2.87. The van der Waals surface area contributed by atoms with E-state index in [0.29, 0.717) is 11.8 Å². The number of aromatic hydroxyl groups is 1. The average molecular weight is 266 g/mol. The largest absolute Gasteiger partial charge is 0.507 e. The van der Waals surface area contributed by atoms with E-state index in [2.05, 4.69) is 26.6 Å². The Hall–Kier alpha value is -0.960. The second-order valence-corrected chi connectivity index (χ2v) is 4.94. The van der Waals surface area contributed by atoms with Crippen molar-refractivity contribution >= 4 is 26.8 Å². The maximum Gasteiger partial charge on any atom is 0.125 e. The lowest BCUT2D eigenvalue weighted by atomic mass is 10.2. The van der Waals surface area contributed by atoms with Gasteiger partial charge < -0.3 is 9.67 Å². The van der Waals surface area contributed by atoms with Crippen LogP contribution in [0, 0.1) is 6.92 Å². The van der Waals surface area contributed by atoms with Crippen molar-refractivity contribution in [3.05, 3.63) is 28.4 Å². The molecule has 1 N–H and O–H groups in total. The summed E-state index contributed by atoms with van der Waals surface area (Å²) in [7, 11) is 0. The highest BCUT2D eigenvalue weighted by atomic mass is 79.9. The molecule has 1 aliphatic carbocycles. The van der Waals surface area contributed by atoms with Crippen molar-refractivity contribution in [1.29, 1.82) is 0 Å². The Morgan fingerprint density at radius 1 is 1.40 bits per heavy atom. The van der Waals surface area contributed by atoms with E-state index >= 15 is 0 Å². The molecule has 1 fully saturated rings. The summed E-state index contributed by atoms with van der Waals surface area (Å²) in [6.45, 7) is 2.05. The van der Waals surface area contributed by atoms with Crippen LogP contribution in [-0.4, -0.2) is 9.67 Å². The zero-order valence-corrected chi connectivity index (χ0v) is 10.1. The third kappa shape index (κ3) is 1.22. The molecule has 0 spiro atoms. The highest BCUT2D eigenvalue weighted by molar-refractivity contribution is 9.10. The predicted molar refractivity (Wildman–Crippen MR) is 64.3 cm³/mol. The molecular weight excluding hydrogens is 254 g/mol. The molecule has 0 bridgehead atoms. The van der Waals surface area contributed by atoms with Gasteiger partial charge in [-0.1, -0.05) is 6.07 Å². The van der Waals surface area contributed by atoms with Gasteiger partial charge in [-0.3, -0.25) is 0 Å². The minimum absolute atomic E-state index is 0.380. The van der Waals surface area contributed by atoms with E-state index in [4.69, 9.17) is 0 Å². The zero-order valence-electron chi connectivity index (χ0n) is 8.50. The van der Waals surface area contributed by atoms with Crippen LogP contribution in [0.1, 0.15) is 24.4 Å². The summed E-state index contributed by atoms with van der Waals surface area (Å²) >= 11 is 3.62. The van der Waals surface area contributed by atoms with Crippen molar-refractivity contribution in [1.82, 2.24) is 4.57 Å². The quantitative estimate of drug-likeness (QED) is 0.835. The van der Waals surface area contributed by atoms with Gasteiger partial charge in [0, 0.05) is 11.4 Å². The number of halogens is 1. The lowest BCUT2D eigenvalue weighted by molar-refractivity contribution is 0.481. The third-order valence-electron chi connectivity index (χ3n) is 3.09. The fraction of sp³-hybridized carbons (Fsp3) is 0.333. The van der Waals surface area contributed by atoms with Crippen LogP contribution in [0.5, 0.6) is 5.75 Å². The number of aryl methyl sites for hydroxylation is 1. The Balaban J connectivity index is 2.44. The van der Waals surface area contributed by atoms with Gasteiger partial charge in [0.2, 0.25) is 0 Å². The molecule has 0 aliphatic heterocycles. The summed E-state index contributed by atoms with van der Waals surface area (Å²) in [5.74, 6) is 0.380. The maximum atomic E-state index is 9.86. The van der Waals surface area contributed by atoms with Gasteiger partial charge in [0.25, 0.3) is 0 Å². The first-order chi connectivity index (χ1) is 7.20. The van der Waals surface area contributed by atoms with Crippen LogP contribution >= 0.6 is 15.9 Å². The number of benzene rings is 1. The summed E-state index contributed by atoms with van der Waals surface area (Å²) in [4.78, 5) is 0. The maximum absolute atomic E-state index is 9.86. The molecule has 1 saturated carbocycles. The lowest BCUT2D eigenvalue weighted by Crippen LogP contribution is -1.92. The van der Waals surface area contributed by atoms with E-state index in [1.54, 1.807) is 6.07 Å². The molecule has 1 aromatic heterocycles. The van der Waals surface area contributed by atoms with Crippen LogP contribution in [0.4, 0.5) is 0 Å². The summed E-state index contributed by atoms with van der Waals surface area (Å²) in [6, 6.07) is 6.35. The number of nitrogens with zero attached hydrogens (tertiary/aromatic N) is 1. The Morgan fingerprint density at radius 2 is 2.13 bits per heavy atom. The molecule has 2 nitrogen and oxygen atoms in total. The molecule has 0 radical (unpaired) electrons. The number of aromatic nitrogens is 1. The lowest BCUT2D eigenvalue weighted by Gasteiger charge is -2.04. The summed E-state index contributed by atoms with van der Waals surface area (Å²) < 4.78 is 3.41. The van der Waals surface area contributed by atoms with Crippen LogP contribution in [0.25, 0.3) is 10.9 Å². The van der Waals surface area contributed by atoms with E-state index in [9.17, 15) is 5.11 Å². The molecule has 0 saturated heterocycles. The van der Waals surface area contributed by atoms with Gasteiger partial charge in [0.1, 0.15) is 5.75 Å². The topological polar surface area (TPSA) is 25.2 Å². The third-order valence-corrected chi connectivity index (χ3v) is 4.06. The summed E-state index contributed by atoms with van der Waals surface area (Å²) in [5.41, 5.74) is 2.27. The van der Waals surface area contributed by atoms with Crippen LogP contribution in [0.3, 0.4) is 0 Å². The molecule has 1 heterocycles. The predicted octanol–water partition coefficient (Wildman–Crippen LogP) is 3.75. The van der Waals surface area contributed by atoms with Crippen LogP contribution in [0.2, 0.25) is 0 Å². The van der Waals surface area contributed by atoms with Crippen LogP contribution in [-0.2, 0) is 0 Å². The molecule has 0 amide bonds. The van der Waals surface area contributed by atoms with Gasteiger partial charge in [-0.25, -0.2) is 0 Å². The highest BCUT2D eigenvalue weighted by Crippen LogP contribution is 2.44. The first kappa shape index (κ1) is 9.28. The minimum Gasteiger partial charge on any atom is -0.507 e. The second-order valence-electron chi connectivity index (χ2n) is 4.19. The fourth-order valence-electron chi connectivity index (χ4n) is 2.19. The number of hydrogen-bond acceptors (Lipinski definition) is 1. The minimum atomic E-state index is 0.380. The van der Waals surface area contributed by atoms with Gasteiger partial charge in [0.05, 0.1) is 10.1 Å². The molecule has 1 aliphatic rings. The van der Waals surface area contributed by atoms with Crippen molar-refractivity contribution in [2.45, 2.75) is 25.8 Å². The number of fused-ring (bicyclic) bond motifs is 1. The molecule has 0 atom stereocenters. The number of phenols is 1. The average Bonchev–Trinajstić information content (AvgIpc) is 2.98. The first-order valence-corrected chi connectivity index (χ1v) is 5.97.